The molecule has 0 N–H and O–H groups in total. The van der Waals surface area contributed by atoms with E-state index in [9.17, 15) is 13.6 Å². The van der Waals surface area contributed by atoms with E-state index in [1.54, 1.807) is 16.7 Å². The third-order valence-electron chi connectivity index (χ3n) is 3.85. The van der Waals surface area contributed by atoms with E-state index in [0.717, 1.165) is 17.4 Å². The van der Waals surface area contributed by atoms with E-state index >= 15 is 0 Å². The van der Waals surface area contributed by atoms with E-state index in [2.05, 4.69) is 9.97 Å². The van der Waals surface area contributed by atoms with Crippen molar-refractivity contribution in [3.05, 3.63) is 52.8 Å². The zero-order valence-electron chi connectivity index (χ0n) is 13.7. The lowest BCUT2D eigenvalue weighted by Crippen LogP contribution is -2.23. The Morgan fingerprint density at radius 2 is 2.08 bits per heavy atom. The first kappa shape index (κ1) is 17.6. The molecular formula is C17H18F2N4OS. The van der Waals surface area contributed by atoms with E-state index < -0.39 is 6.55 Å². The first-order chi connectivity index (χ1) is 12.1. The third kappa shape index (κ3) is 3.73. The molecule has 25 heavy (non-hydrogen) atoms. The fourth-order valence-electron chi connectivity index (χ4n) is 2.53. The van der Waals surface area contributed by atoms with Gasteiger partial charge in [-0.2, -0.15) is 8.78 Å². The van der Waals surface area contributed by atoms with E-state index in [1.165, 1.54) is 24.2 Å². The maximum atomic E-state index is 12.9. The molecule has 2 heterocycles. The maximum absolute atomic E-state index is 12.9. The highest BCUT2D eigenvalue weighted by Crippen LogP contribution is 2.23. The Hall–Kier alpha value is -2.22. The van der Waals surface area contributed by atoms with Crippen LogP contribution >= 0.6 is 11.8 Å². The second-order valence-electron chi connectivity index (χ2n) is 5.54. The van der Waals surface area contributed by atoms with Crippen LogP contribution in [0.4, 0.5) is 8.78 Å². The summed E-state index contributed by atoms with van der Waals surface area (Å²) in [7, 11) is 0. The molecule has 3 aromatic rings. The topological polar surface area (TPSA) is 52.7 Å². The molecule has 0 atom stereocenters. The maximum Gasteiger partial charge on any atom is 0.319 e. The van der Waals surface area contributed by atoms with Crippen LogP contribution in [-0.4, -0.2) is 19.1 Å². The van der Waals surface area contributed by atoms with Crippen molar-refractivity contribution in [1.82, 2.24) is 19.1 Å². The molecule has 2 aromatic heterocycles. The summed E-state index contributed by atoms with van der Waals surface area (Å²) >= 11 is 1.25. The van der Waals surface area contributed by atoms with Gasteiger partial charge in [-0.1, -0.05) is 37.2 Å². The van der Waals surface area contributed by atoms with Crippen LogP contribution in [0.5, 0.6) is 0 Å². The predicted octanol–water partition coefficient (Wildman–Crippen LogP) is 4.08. The summed E-state index contributed by atoms with van der Waals surface area (Å²) in [5.74, 6) is 0.471. The van der Waals surface area contributed by atoms with Gasteiger partial charge in [0.2, 0.25) is 0 Å². The summed E-state index contributed by atoms with van der Waals surface area (Å²) in [6, 6.07) is 7.17. The number of benzene rings is 1. The molecule has 0 aliphatic heterocycles. The minimum absolute atomic E-state index is 0.0984. The first-order valence-electron chi connectivity index (χ1n) is 8.04. The monoisotopic (exact) mass is 364 g/mol. The number of unbranched alkanes of at least 4 members (excludes halogenated alkanes) is 1. The SMILES string of the molecule is CCCCn1c(SCc2nccn2C(F)F)nc2ccccc2c1=O. The fraction of sp³-hybridized carbons (Fsp3) is 0.353. The number of nitrogens with zero attached hydrogens (tertiary/aromatic N) is 4. The van der Waals surface area contributed by atoms with Gasteiger partial charge in [0.05, 0.1) is 16.7 Å². The number of thioether (sulfide) groups is 1. The van der Waals surface area contributed by atoms with Crippen LogP contribution in [-0.2, 0) is 12.3 Å². The number of para-hydroxylation sites is 1. The molecule has 3 rings (SSSR count). The van der Waals surface area contributed by atoms with Gasteiger partial charge in [0.15, 0.2) is 5.16 Å². The third-order valence-corrected chi connectivity index (χ3v) is 4.82. The van der Waals surface area contributed by atoms with Gasteiger partial charge in [-0.15, -0.1) is 0 Å². The van der Waals surface area contributed by atoms with Crippen molar-refractivity contribution in [2.24, 2.45) is 0 Å². The number of fused-ring (bicyclic) bond motifs is 1. The van der Waals surface area contributed by atoms with Gasteiger partial charge >= 0.3 is 6.55 Å². The number of aromatic nitrogens is 4. The number of hydrogen-bond acceptors (Lipinski definition) is 4. The number of imidazole rings is 1. The molecule has 0 spiro atoms. The van der Waals surface area contributed by atoms with E-state index in [4.69, 9.17) is 0 Å². The van der Waals surface area contributed by atoms with Gasteiger partial charge in [-0.05, 0) is 18.6 Å². The van der Waals surface area contributed by atoms with E-state index in [1.807, 2.05) is 19.1 Å². The Bertz CT molecular complexity index is 922. The molecule has 0 radical (unpaired) electrons. The highest BCUT2D eigenvalue weighted by atomic mass is 32.2. The average Bonchev–Trinajstić information content (AvgIpc) is 3.08. The standard InChI is InChI=1S/C17H18F2N4OS/c1-2-3-9-23-15(24)12-6-4-5-7-13(12)21-17(23)25-11-14-20-8-10-22(14)16(18)19/h4-8,10,16H,2-3,9,11H2,1H3. The number of alkyl halides is 2. The zero-order chi connectivity index (χ0) is 17.8. The second-order valence-corrected chi connectivity index (χ2v) is 6.48. The number of hydrogen-bond donors (Lipinski definition) is 0. The molecule has 0 aliphatic rings. The van der Waals surface area contributed by atoms with E-state index in [0.29, 0.717) is 22.6 Å². The molecule has 0 saturated heterocycles. The summed E-state index contributed by atoms with van der Waals surface area (Å²) in [6.07, 6.45) is 4.39. The van der Waals surface area contributed by atoms with Crippen LogP contribution in [0.3, 0.4) is 0 Å². The summed E-state index contributed by atoms with van der Waals surface area (Å²) in [4.78, 5) is 21.3. The molecule has 8 heteroatoms. The molecular weight excluding hydrogens is 346 g/mol. The van der Waals surface area contributed by atoms with Gasteiger partial charge < -0.3 is 0 Å². The summed E-state index contributed by atoms with van der Waals surface area (Å²) < 4.78 is 28.3. The fourth-order valence-corrected chi connectivity index (χ4v) is 3.51. The molecule has 0 bridgehead atoms. The Balaban J connectivity index is 1.96. The highest BCUT2D eigenvalue weighted by molar-refractivity contribution is 7.98. The quantitative estimate of drug-likeness (QED) is 0.468. The second kappa shape index (κ2) is 7.77. The van der Waals surface area contributed by atoms with Gasteiger partial charge in [-0.3, -0.25) is 13.9 Å². The average molecular weight is 364 g/mol. The molecule has 1 aromatic carbocycles. The molecule has 0 amide bonds. The molecule has 0 fully saturated rings. The molecule has 132 valence electrons. The normalized spacial score (nSPS) is 11.5. The van der Waals surface area contributed by atoms with E-state index in [-0.39, 0.29) is 17.1 Å². The smallest absolute Gasteiger partial charge is 0.287 e. The van der Waals surface area contributed by atoms with Crippen LogP contribution in [0.1, 0.15) is 32.1 Å². The van der Waals surface area contributed by atoms with Crippen molar-refractivity contribution in [2.75, 3.05) is 0 Å². The Morgan fingerprint density at radius 1 is 1.28 bits per heavy atom. The minimum Gasteiger partial charge on any atom is -0.287 e. The van der Waals surface area contributed by atoms with Gasteiger partial charge in [0.1, 0.15) is 5.82 Å². The molecule has 0 saturated carbocycles. The molecule has 5 nitrogen and oxygen atoms in total. The Morgan fingerprint density at radius 3 is 2.84 bits per heavy atom. The summed E-state index contributed by atoms with van der Waals surface area (Å²) in [5, 5.41) is 1.10. The van der Waals surface area contributed by atoms with Crippen LogP contribution in [0.15, 0.2) is 46.6 Å². The van der Waals surface area contributed by atoms with Crippen LogP contribution < -0.4 is 5.56 Å². The number of halogens is 2. The molecule has 0 aliphatic carbocycles. The van der Waals surface area contributed by atoms with Crippen LogP contribution in [0.25, 0.3) is 10.9 Å². The largest absolute Gasteiger partial charge is 0.319 e. The van der Waals surface area contributed by atoms with Crippen molar-refractivity contribution in [2.45, 2.75) is 43.8 Å². The van der Waals surface area contributed by atoms with Crippen LogP contribution in [0.2, 0.25) is 0 Å². The van der Waals surface area contributed by atoms with Crippen molar-refractivity contribution in [3.63, 3.8) is 0 Å². The van der Waals surface area contributed by atoms with Crippen LogP contribution in [0, 0.1) is 0 Å². The van der Waals surface area contributed by atoms with Gasteiger partial charge in [-0.25, -0.2) is 9.97 Å². The summed E-state index contributed by atoms with van der Waals surface area (Å²) in [6.45, 7) is -0.0326. The van der Waals surface area contributed by atoms with Crippen molar-refractivity contribution in [1.29, 1.82) is 0 Å². The lowest BCUT2D eigenvalue weighted by Gasteiger charge is -2.13. The lowest BCUT2D eigenvalue weighted by atomic mass is 10.2. The first-order valence-corrected chi connectivity index (χ1v) is 9.02. The Labute approximate surface area is 147 Å². The van der Waals surface area contributed by atoms with Gasteiger partial charge in [0, 0.05) is 18.9 Å². The predicted molar refractivity (Wildman–Crippen MR) is 94.0 cm³/mol. The van der Waals surface area contributed by atoms with Crippen molar-refractivity contribution < 1.29 is 8.78 Å². The highest BCUT2D eigenvalue weighted by Gasteiger charge is 2.15. The number of rotatable bonds is 7. The van der Waals surface area contributed by atoms with Crippen molar-refractivity contribution >= 4 is 22.7 Å². The minimum atomic E-state index is -2.63. The zero-order valence-corrected chi connectivity index (χ0v) is 14.5. The molecule has 0 unspecified atom stereocenters. The summed E-state index contributed by atoms with van der Waals surface area (Å²) in [5.41, 5.74) is 0.513. The Kier molecular flexibility index (Phi) is 5.47. The van der Waals surface area contributed by atoms with Crippen molar-refractivity contribution in [3.8, 4) is 0 Å². The lowest BCUT2D eigenvalue weighted by molar-refractivity contribution is 0.0678. The van der Waals surface area contributed by atoms with Gasteiger partial charge in [0.25, 0.3) is 5.56 Å².